The molecule has 2 aromatic heterocycles. The number of carbonyl (C=O) groups is 2. The molecule has 12 heteroatoms. The average Bonchev–Trinajstić information content (AvgIpc) is 3.51. The number of fused-ring (bicyclic) bond motifs is 1. The molecule has 3 aliphatic rings. The van der Waals surface area contributed by atoms with E-state index in [1.165, 1.54) is 17.8 Å². The first kappa shape index (κ1) is 32.6. The summed E-state index contributed by atoms with van der Waals surface area (Å²) in [6.45, 7) is 15.4. The number of aromatic amines is 1. The van der Waals surface area contributed by atoms with E-state index in [-0.39, 0.29) is 55.5 Å². The van der Waals surface area contributed by atoms with E-state index in [2.05, 4.69) is 54.4 Å². The molecule has 3 saturated heterocycles. The number of aromatic nitrogens is 3. The van der Waals surface area contributed by atoms with Crippen molar-refractivity contribution in [2.24, 2.45) is 5.92 Å². The third-order valence-electron chi connectivity index (χ3n) is 9.56. The summed E-state index contributed by atoms with van der Waals surface area (Å²) < 4.78 is 17.4. The van der Waals surface area contributed by atoms with Crippen LogP contribution >= 0.6 is 11.8 Å². The number of nitrogens with one attached hydrogen (secondary N) is 1. The van der Waals surface area contributed by atoms with Gasteiger partial charge >= 0.3 is 5.69 Å². The van der Waals surface area contributed by atoms with Gasteiger partial charge in [0.1, 0.15) is 11.2 Å². The molecule has 3 aromatic rings. The van der Waals surface area contributed by atoms with Crippen LogP contribution in [0.4, 0.5) is 10.1 Å². The molecular weight excluding hydrogens is 605 g/mol. The van der Waals surface area contributed by atoms with Crippen molar-refractivity contribution >= 4 is 40.4 Å². The Hall–Kier alpha value is -3.38. The number of benzene rings is 1. The van der Waals surface area contributed by atoms with Crippen molar-refractivity contribution in [1.29, 1.82) is 0 Å². The second-order valence-corrected chi connectivity index (χ2v) is 15.5. The Morgan fingerprint density at radius 3 is 2.46 bits per heavy atom. The molecule has 0 aliphatic carbocycles. The molecule has 0 saturated carbocycles. The molecule has 46 heavy (non-hydrogen) atoms. The van der Waals surface area contributed by atoms with Gasteiger partial charge in [-0.25, -0.2) is 14.2 Å². The zero-order valence-corrected chi connectivity index (χ0v) is 28.4. The van der Waals surface area contributed by atoms with E-state index in [0.717, 1.165) is 24.2 Å². The second-order valence-electron chi connectivity index (χ2n) is 14.2. The molecule has 252 valence electrons. The number of para-hydroxylation sites is 1. The van der Waals surface area contributed by atoms with Gasteiger partial charge in [-0.15, -0.1) is 11.8 Å². The number of likely N-dealkylation sites (tertiary alicyclic amines) is 1. The van der Waals surface area contributed by atoms with Crippen LogP contribution in [0.5, 0.6) is 0 Å². The van der Waals surface area contributed by atoms with Gasteiger partial charge in [0.15, 0.2) is 5.65 Å². The number of carbonyl (C=O) groups excluding carboxylic acids is 2. The standard InChI is InChI=1S/C34H46FN7O3S.2H2/c1-22(2)21-41-31(44)27(20-28(43)38-14-11-23(12-15-38)42-26-10-7-13-36-30(26)37-33(42)45)46-32(41)24-8-6-9-25(35)29(24)39-16-18-40(19-17-39)34(3,4)5;;/h6-10,13,22-23,27,32H,11-12,14-21H2,1-5H3,(H,36,37,45);2*1H/t27-,32+;;/m0../s1. The fourth-order valence-electron chi connectivity index (χ4n) is 7.19. The highest BCUT2D eigenvalue weighted by Gasteiger charge is 2.44. The quantitative estimate of drug-likeness (QED) is 0.377. The lowest BCUT2D eigenvalue weighted by molar-refractivity contribution is -0.137. The summed E-state index contributed by atoms with van der Waals surface area (Å²) in [4.78, 5) is 55.5. The van der Waals surface area contributed by atoms with Crippen LogP contribution in [0.3, 0.4) is 0 Å². The molecule has 1 aromatic carbocycles. The average molecular weight is 656 g/mol. The number of anilines is 1. The number of rotatable bonds is 7. The Morgan fingerprint density at radius 1 is 1.07 bits per heavy atom. The Bertz CT molecular complexity index is 1650. The zero-order chi connectivity index (χ0) is 32.7. The largest absolute Gasteiger partial charge is 0.366 e. The number of amides is 2. The van der Waals surface area contributed by atoms with Gasteiger partial charge in [-0.3, -0.25) is 24.0 Å². The van der Waals surface area contributed by atoms with Gasteiger partial charge in [-0.05, 0) is 57.7 Å². The summed E-state index contributed by atoms with van der Waals surface area (Å²) in [5.41, 5.74) is 2.58. The fourth-order valence-corrected chi connectivity index (χ4v) is 8.67. The van der Waals surface area contributed by atoms with Gasteiger partial charge in [0, 0.05) is 78.4 Å². The summed E-state index contributed by atoms with van der Waals surface area (Å²) >= 11 is 1.48. The number of pyridine rings is 1. The minimum atomic E-state index is -0.537. The maximum atomic E-state index is 15.6. The van der Waals surface area contributed by atoms with Crippen LogP contribution in [0.15, 0.2) is 41.3 Å². The fraction of sp³-hybridized carbons (Fsp3) is 0.588. The van der Waals surface area contributed by atoms with Crippen molar-refractivity contribution < 1.29 is 16.8 Å². The number of thioether (sulfide) groups is 1. The smallest absolute Gasteiger partial charge is 0.327 e. The lowest BCUT2D eigenvalue weighted by Gasteiger charge is -2.43. The van der Waals surface area contributed by atoms with E-state index in [1.54, 1.807) is 16.8 Å². The number of halogens is 1. The number of hydrogen-bond donors (Lipinski definition) is 1. The maximum absolute atomic E-state index is 15.6. The van der Waals surface area contributed by atoms with Gasteiger partial charge < -0.3 is 14.7 Å². The lowest BCUT2D eigenvalue weighted by Crippen LogP contribution is -2.53. The molecule has 10 nitrogen and oxygen atoms in total. The van der Waals surface area contributed by atoms with Gasteiger partial charge in [-0.2, -0.15) is 0 Å². The molecule has 0 spiro atoms. The lowest BCUT2D eigenvalue weighted by atomic mass is 10.0. The molecule has 0 unspecified atom stereocenters. The van der Waals surface area contributed by atoms with Crippen LogP contribution < -0.4 is 10.6 Å². The van der Waals surface area contributed by atoms with Crippen molar-refractivity contribution in [3.63, 3.8) is 0 Å². The Labute approximate surface area is 277 Å². The van der Waals surface area contributed by atoms with Crippen LogP contribution in [0.25, 0.3) is 11.2 Å². The molecule has 1 N–H and O–H groups in total. The molecule has 5 heterocycles. The third kappa shape index (κ3) is 6.43. The van der Waals surface area contributed by atoms with Crippen molar-refractivity contribution in [2.45, 2.75) is 76.1 Å². The van der Waals surface area contributed by atoms with Crippen molar-refractivity contribution in [1.82, 2.24) is 29.2 Å². The number of hydrogen-bond acceptors (Lipinski definition) is 7. The minimum Gasteiger partial charge on any atom is -0.366 e. The van der Waals surface area contributed by atoms with E-state index in [9.17, 15) is 14.4 Å². The minimum absolute atomic E-state index is 0. The molecular formula is C34H50FN7O3S. The van der Waals surface area contributed by atoms with Crippen LogP contribution in [-0.2, 0) is 9.59 Å². The van der Waals surface area contributed by atoms with Gasteiger partial charge in [0.2, 0.25) is 11.8 Å². The van der Waals surface area contributed by atoms with E-state index in [1.807, 2.05) is 28.0 Å². The molecule has 3 aliphatic heterocycles. The predicted molar refractivity (Wildman–Crippen MR) is 185 cm³/mol. The van der Waals surface area contributed by atoms with Crippen LogP contribution in [0.2, 0.25) is 0 Å². The molecule has 0 radical (unpaired) electrons. The first-order valence-corrected chi connectivity index (χ1v) is 17.4. The predicted octanol–water partition coefficient (Wildman–Crippen LogP) is 5.13. The summed E-state index contributed by atoms with van der Waals surface area (Å²) in [6, 6.07) is 8.86. The summed E-state index contributed by atoms with van der Waals surface area (Å²) in [5.74, 6) is -0.166. The van der Waals surface area contributed by atoms with Crippen molar-refractivity contribution in [3.05, 3.63) is 58.4 Å². The molecule has 2 atom stereocenters. The SMILES string of the molecule is CC(C)CN1C(=O)[C@H](CC(=O)N2CCC(n3c(=O)[nH]c4ncccc43)CC2)S[C@@H]1c1cccc(F)c1N1CCN(C(C)(C)C)CC1.[HH].[HH]. The number of nitrogens with zero attached hydrogens (tertiary/aromatic N) is 6. The van der Waals surface area contributed by atoms with Crippen molar-refractivity contribution in [2.75, 3.05) is 50.7 Å². The highest BCUT2D eigenvalue weighted by atomic mass is 32.2. The summed E-state index contributed by atoms with van der Waals surface area (Å²) in [5, 5.41) is -0.905. The van der Waals surface area contributed by atoms with Gasteiger partial charge in [-0.1, -0.05) is 26.0 Å². The number of piperidine rings is 1. The van der Waals surface area contributed by atoms with Gasteiger partial charge in [0.05, 0.1) is 16.5 Å². The normalized spacial score (nSPS) is 22.1. The topological polar surface area (TPSA) is 97.8 Å². The highest BCUT2D eigenvalue weighted by molar-refractivity contribution is 8.01. The van der Waals surface area contributed by atoms with Crippen LogP contribution in [-0.4, -0.2) is 97.7 Å². The summed E-state index contributed by atoms with van der Waals surface area (Å²) in [7, 11) is 0. The Kier molecular flexibility index (Phi) is 9.22. The highest BCUT2D eigenvalue weighted by Crippen LogP contribution is 2.48. The summed E-state index contributed by atoms with van der Waals surface area (Å²) in [6.07, 6.45) is 3.06. The molecule has 2 amide bonds. The van der Waals surface area contributed by atoms with Gasteiger partial charge in [0.25, 0.3) is 0 Å². The number of imidazole rings is 1. The Morgan fingerprint density at radius 2 is 1.78 bits per heavy atom. The third-order valence-corrected chi connectivity index (χ3v) is 11.0. The molecule has 6 rings (SSSR count). The van der Waals surface area contributed by atoms with Crippen LogP contribution in [0.1, 0.15) is 73.7 Å². The first-order valence-electron chi connectivity index (χ1n) is 16.5. The van der Waals surface area contributed by atoms with E-state index < -0.39 is 5.25 Å². The maximum Gasteiger partial charge on any atom is 0.327 e. The zero-order valence-electron chi connectivity index (χ0n) is 27.5. The monoisotopic (exact) mass is 655 g/mol. The van der Waals surface area contributed by atoms with E-state index >= 15 is 4.39 Å². The second kappa shape index (κ2) is 13.0. The van der Waals surface area contributed by atoms with Crippen LogP contribution in [0, 0.1) is 11.7 Å². The first-order chi connectivity index (χ1) is 21.9. The van der Waals surface area contributed by atoms with E-state index in [0.29, 0.717) is 56.9 Å². The molecule has 3 fully saturated rings. The number of H-pyrrole nitrogens is 1. The van der Waals surface area contributed by atoms with E-state index in [4.69, 9.17) is 0 Å². The van der Waals surface area contributed by atoms with Crippen molar-refractivity contribution in [3.8, 4) is 0 Å². The molecule has 0 bridgehead atoms. The number of piperazine rings is 1. The Balaban J connectivity index is 0.00000260.